The summed E-state index contributed by atoms with van der Waals surface area (Å²) in [4.78, 5) is 10.1. The molecule has 0 amide bonds. The molecule has 0 aromatic heterocycles. The normalized spacial score (nSPS) is 11.5. The molecular formula is C18H34O. The lowest BCUT2D eigenvalue weighted by Crippen LogP contribution is -1.87. The number of aldehydes is 1. The maximum absolute atomic E-state index is 10.1. The Morgan fingerprint density at radius 3 is 1.68 bits per heavy atom. The molecule has 19 heavy (non-hydrogen) atoms. The minimum absolute atomic E-state index is 0.862. The number of carbonyl (C=O) groups is 1. The fourth-order valence-corrected chi connectivity index (χ4v) is 2.38. The summed E-state index contributed by atoms with van der Waals surface area (Å²) in [5.74, 6) is 0.876. The fourth-order valence-electron chi connectivity index (χ4n) is 2.38. The summed E-state index contributed by atoms with van der Waals surface area (Å²) in [6.07, 6.45) is 20.8. The minimum atomic E-state index is 0.862. The third-order valence-electron chi connectivity index (χ3n) is 3.62. The van der Waals surface area contributed by atoms with Crippen molar-refractivity contribution in [2.45, 2.75) is 90.9 Å². The van der Waals surface area contributed by atoms with Gasteiger partial charge in [0.25, 0.3) is 0 Å². The molecule has 0 aliphatic carbocycles. The monoisotopic (exact) mass is 266 g/mol. The molecule has 1 nitrogen and oxygen atoms in total. The van der Waals surface area contributed by atoms with E-state index in [-0.39, 0.29) is 0 Å². The zero-order valence-electron chi connectivity index (χ0n) is 13.2. The second-order valence-corrected chi connectivity index (χ2v) is 6.07. The van der Waals surface area contributed by atoms with E-state index in [2.05, 4.69) is 13.8 Å². The van der Waals surface area contributed by atoms with E-state index in [1.54, 1.807) is 6.08 Å². The van der Waals surface area contributed by atoms with Crippen molar-refractivity contribution in [1.82, 2.24) is 0 Å². The van der Waals surface area contributed by atoms with Crippen molar-refractivity contribution in [3.63, 3.8) is 0 Å². The topological polar surface area (TPSA) is 17.1 Å². The van der Waals surface area contributed by atoms with Gasteiger partial charge in [-0.3, -0.25) is 4.79 Å². The van der Waals surface area contributed by atoms with Crippen molar-refractivity contribution < 1.29 is 4.79 Å². The molecule has 112 valence electrons. The first-order valence-electron chi connectivity index (χ1n) is 8.37. The fraction of sp³-hybridized carbons (Fsp3) is 0.833. The highest BCUT2D eigenvalue weighted by Crippen LogP contribution is 2.13. The molecule has 0 heterocycles. The summed E-state index contributed by atoms with van der Waals surface area (Å²) >= 11 is 0. The average Bonchev–Trinajstić information content (AvgIpc) is 2.39. The van der Waals surface area contributed by atoms with Gasteiger partial charge in [0, 0.05) is 0 Å². The number of rotatable bonds is 14. The second-order valence-electron chi connectivity index (χ2n) is 6.07. The number of allylic oxidation sites excluding steroid dienone is 2. The highest BCUT2D eigenvalue weighted by molar-refractivity contribution is 5.64. The first kappa shape index (κ1) is 18.4. The third-order valence-corrected chi connectivity index (χ3v) is 3.62. The van der Waals surface area contributed by atoms with Crippen molar-refractivity contribution in [3.8, 4) is 0 Å². The Kier molecular flexibility index (Phi) is 15.0. The van der Waals surface area contributed by atoms with Crippen LogP contribution >= 0.6 is 0 Å². The van der Waals surface area contributed by atoms with E-state index >= 15 is 0 Å². The molecule has 0 aliphatic heterocycles. The SMILES string of the molecule is CC(C)CCCCCCCCCCCCC=CC=O. The van der Waals surface area contributed by atoms with Crippen molar-refractivity contribution >= 4 is 6.29 Å². The summed E-state index contributed by atoms with van der Waals surface area (Å²) in [5, 5.41) is 0. The van der Waals surface area contributed by atoms with Crippen LogP contribution in [0, 0.1) is 5.92 Å². The molecule has 0 aromatic rings. The maximum atomic E-state index is 10.1. The van der Waals surface area contributed by atoms with Crippen molar-refractivity contribution in [1.29, 1.82) is 0 Å². The summed E-state index contributed by atoms with van der Waals surface area (Å²) in [5.41, 5.74) is 0. The zero-order valence-corrected chi connectivity index (χ0v) is 13.2. The molecular weight excluding hydrogens is 232 g/mol. The zero-order chi connectivity index (χ0) is 14.2. The molecule has 0 aromatic carbocycles. The Morgan fingerprint density at radius 1 is 0.737 bits per heavy atom. The Morgan fingerprint density at radius 2 is 1.21 bits per heavy atom. The van der Waals surface area contributed by atoms with Gasteiger partial charge >= 0.3 is 0 Å². The smallest absolute Gasteiger partial charge is 0.142 e. The summed E-state index contributed by atoms with van der Waals surface area (Å²) < 4.78 is 0. The van der Waals surface area contributed by atoms with E-state index in [9.17, 15) is 4.79 Å². The van der Waals surface area contributed by atoms with Crippen molar-refractivity contribution in [2.75, 3.05) is 0 Å². The minimum Gasteiger partial charge on any atom is -0.299 e. The molecule has 0 spiro atoms. The van der Waals surface area contributed by atoms with Gasteiger partial charge in [0.05, 0.1) is 0 Å². The predicted octanol–water partition coefficient (Wildman–Crippen LogP) is 6.08. The molecule has 1 heteroatoms. The van der Waals surface area contributed by atoms with Gasteiger partial charge < -0.3 is 0 Å². The lowest BCUT2D eigenvalue weighted by Gasteiger charge is -2.04. The number of hydrogen-bond acceptors (Lipinski definition) is 1. The summed E-state index contributed by atoms with van der Waals surface area (Å²) in [6, 6.07) is 0. The molecule has 0 N–H and O–H groups in total. The first-order chi connectivity index (χ1) is 9.27. The van der Waals surface area contributed by atoms with Gasteiger partial charge in [-0.2, -0.15) is 0 Å². The van der Waals surface area contributed by atoms with E-state index in [0.717, 1.165) is 18.6 Å². The van der Waals surface area contributed by atoms with E-state index < -0.39 is 0 Å². The van der Waals surface area contributed by atoms with Gasteiger partial charge in [0.1, 0.15) is 6.29 Å². The quantitative estimate of drug-likeness (QED) is 0.211. The second kappa shape index (κ2) is 15.5. The van der Waals surface area contributed by atoms with E-state index in [1.165, 1.54) is 70.6 Å². The third kappa shape index (κ3) is 17.4. The summed E-state index contributed by atoms with van der Waals surface area (Å²) in [7, 11) is 0. The van der Waals surface area contributed by atoms with Crippen LogP contribution in [-0.2, 0) is 4.79 Å². The Bertz CT molecular complexity index is 206. The van der Waals surface area contributed by atoms with Crippen molar-refractivity contribution in [2.24, 2.45) is 5.92 Å². The molecule has 0 saturated carbocycles. The Hall–Kier alpha value is -0.590. The van der Waals surface area contributed by atoms with Crippen LogP contribution in [0.15, 0.2) is 12.2 Å². The Balaban J connectivity index is 2.99. The summed E-state index contributed by atoms with van der Waals surface area (Å²) in [6.45, 7) is 4.63. The average molecular weight is 266 g/mol. The lowest BCUT2D eigenvalue weighted by molar-refractivity contribution is -0.104. The van der Waals surface area contributed by atoms with Crippen LogP contribution in [-0.4, -0.2) is 6.29 Å². The molecule has 0 saturated heterocycles. The van der Waals surface area contributed by atoms with Gasteiger partial charge in [0.15, 0.2) is 0 Å². The van der Waals surface area contributed by atoms with E-state index in [0.29, 0.717) is 0 Å². The van der Waals surface area contributed by atoms with Crippen LogP contribution in [0.5, 0.6) is 0 Å². The lowest BCUT2D eigenvalue weighted by atomic mass is 10.0. The van der Waals surface area contributed by atoms with Gasteiger partial charge in [-0.15, -0.1) is 0 Å². The van der Waals surface area contributed by atoms with Crippen LogP contribution in [0.25, 0.3) is 0 Å². The van der Waals surface area contributed by atoms with E-state index in [4.69, 9.17) is 0 Å². The molecule has 0 aliphatic rings. The van der Waals surface area contributed by atoms with Crippen LogP contribution in [0.3, 0.4) is 0 Å². The van der Waals surface area contributed by atoms with Gasteiger partial charge in [-0.25, -0.2) is 0 Å². The standard InChI is InChI=1S/C18H34O/c1-18(2)16-14-12-10-8-6-4-3-5-7-9-11-13-15-17-19/h13,15,17-18H,3-12,14,16H2,1-2H3. The molecule has 0 rings (SSSR count). The maximum Gasteiger partial charge on any atom is 0.142 e. The molecule has 0 fully saturated rings. The van der Waals surface area contributed by atoms with Crippen molar-refractivity contribution in [3.05, 3.63) is 12.2 Å². The van der Waals surface area contributed by atoms with E-state index in [1.807, 2.05) is 6.08 Å². The van der Waals surface area contributed by atoms with Gasteiger partial charge in [0.2, 0.25) is 0 Å². The number of unbranched alkanes of at least 4 members (excludes halogenated alkanes) is 10. The van der Waals surface area contributed by atoms with Crippen LogP contribution in [0.1, 0.15) is 90.9 Å². The van der Waals surface area contributed by atoms with Crippen LogP contribution in [0.2, 0.25) is 0 Å². The molecule has 0 unspecified atom stereocenters. The van der Waals surface area contributed by atoms with Crippen LogP contribution in [0.4, 0.5) is 0 Å². The highest BCUT2D eigenvalue weighted by atomic mass is 16.1. The predicted molar refractivity (Wildman–Crippen MR) is 85.4 cm³/mol. The van der Waals surface area contributed by atoms with Gasteiger partial charge in [-0.1, -0.05) is 84.1 Å². The van der Waals surface area contributed by atoms with Crippen LogP contribution < -0.4 is 0 Å². The molecule has 0 radical (unpaired) electrons. The Labute approximate surface area is 120 Å². The molecule has 0 bridgehead atoms. The largest absolute Gasteiger partial charge is 0.299 e. The molecule has 0 atom stereocenters. The first-order valence-corrected chi connectivity index (χ1v) is 8.37. The van der Waals surface area contributed by atoms with Gasteiger partial charge in [-0.05, 0) is 24.8 Å². The highest BCUT2D eigenvalue weighted by Gasteiger charge is 1.95. The number of carbonyl (C=O) groups excluding carboxylic acids is 1. The number of hydrogen-bond donors (Lipinski definition) is 0.